The van der Waals surface area contributed by atoms with Gasteiger partial charge in [0.15, 0.2) is 0 Å². The van der Waals surface area contributed by atoms with Crippen molar-refractivity contribution >= 4 is 38.7 Å². The number of ketones is 1. The number of nitrogens with one attached hydrogen (secondary N) is 2. The van der Waals surface area contributed by atoms with Crippen LogP contribution in [0.25, 0.3) is 20.8 Å². The molecule has 0 radical (unpaired) electrons. The molecule has 0 saturated carbocycles. The van der Waals surface area contributed by atoms with Crippen LogP contribution in [-0.4, -0.2) is 48.1 Å². The molecule has 0 bridgehead atoms. The summed E-state index contributed by atoms with van der Waals surface area (Å²) >= 11 is 3.53. The first-order chi connectivity index (χ1) is 17.2. The van der Waals surface area contributed by atoms with Gasteiger partial charge >= 0.3 is 0 Å². The Morgan fingerprint density at radius 3 is 3.00 bits per heavy atom. The van der Waals surface area contributed by atoms with Crippen LogP contribution in [-0.2, 0) is 28.9 Å². The molecule has 0 unspecified atom stereocenters. The van der Waals surface area contributed by atoms with Crippen LogP contribution in [0.5, 0.6) is 0 Å². The summed E-state index contributed by atoms with van der Waals surface area (Å²) in [5.41, 5.74) is 3.99. The molecule has 3 aromatic heterocycles. The second-order valence-electron chi connectivity index (χ2n) is 10.4. The van der Waals surface area contributed by atoms with Crippen LogP contribution >= 0.6 is 22.7 Å². The SMILES string of the molecule is O=C(CCCC[C@H]1CC2(CCNCC2)CO1)Cc1sc2c(c1-c1nc3cnccc3s1)CCNC2.[HH]. The number of piperidine rings is 1. The standard InChI is InChI=1S/C27H34N4O2S2.H2/c32-18(3-1-2-4-19-14-27(17-33-19)7-11-28-12-8-27)13-23-25(20-5-9-30-16-24(20)34-23)26-31-21-15-29-10-6-22(21)35-26;/h6,10,15,19,28,30H,1-5,7-9,11-14,16-17H2;1H/t19-;/m0./s1. The molecule has 6 rings (SSSR count). The molecule has 1 atom stereocenters. The number of carbonyl (C=O) groups excluding carboxylic acids is 1. The van der Waals surface area contributed by atoms with Crippen molar-refractivity contribution in [2.75, 3.05) is 26.2 Å². The van der Waals surface area contributed by atoms with Crippen LogP contribution in [0.2, 0.25) is 0 Å². The van der Waals surface area contributed by atoms with E-state index in [9.17, 15) is 4.79 Å². The third-order valence-corrected chi connectivity index (χ3v) is 10.2. The van der Waals surface area contributed by atoms with E-state index in [4.69, 9.17) is 9.72 Å². The number of hydrogen-bond donors (Lipinski definition) is 2. The molecule has 2 saturated heterocycles. The van der Waals surface area contributed by atoms with Crippen LogP contribution in [0.1, 0.15) is 61.7 Å². The topological polar surface area (TPSA) is 76.1 Å². The molecule has 2 fully saturated rings. The minimum absolute atomic E-state index is 0. The molecule has 35 heavy (non-hydrogen) atoms. The number of fused-ring (bicyclic) bond motifs is 2. The zero-order valence-corrected chi connectivity index (χ0v) is 21.9. The lowest BCUT2D eigenvalue weighted by Crippen LogP contribution is -2.37. The second kappa shape index (κ2) is 10.3. The van der Waals surface area contributed by atoms with Crippen LogP contribution in [0.15, 0.2) is 18.5 Å². The van der Waals surface area contributed by atoms with Crippen molar-refractivity contribution in [2.24, 2.45) is 5.41 Å². The fourth-order valence-electron chi connectivity index (χ4n) is 6.00. The summed E-state index contributed by atoms with van der Waals surface area (Å²) < 4.78 is 7.31. The van der Waals surface area contributed by atoms with Crippen molar-refractivity contribution in [2.45, 2.75) is 70.4 Å². The van der Waals surface area contributed by atoms with Gasteiger partial charge in [0.05, 0.1) is 23.6 Å². The molecule has 1 spiro atoms. The molecule has 3 aliphatic rings. The van der Waals surface area contributed by atoms with Gasteiger partial charge < -0.3 is 15.4 Å². The van der Waals surface area contributed by atoms with Gasteiger partial charge in [-0.05, 0) is 75.2 Å². The van der Waals surface area contributed by atoms with Gasteiger partial charge in [-0.1, -0.05) is 6.42 Å². The first-order valence-electron chi connectivity index (χ1n) is 13.1. The Balaban J connectivity index is 0.00000267. The number of carbonyl (C=O) groups is 1. The molecule has 6 nitrogen and oxygen atoms in total. The minimum Gasteiger partial charge on any atom is -0.378 e. The Morgan fingerprint density at radius 1 is 1.20 bits per heavy atom. The van der Waals surface area contributed by atoms with E-state index >= 15 is 0 Å². The number of aromatic nitrogens is 2. The van der Waals surface area contributed by atoms with Gasteiger partial charge in [-0.15, -0.1) is 22.7 Å². The number of thiazole rings is 1. The third-order valence-electron chi connectivity index (χ3n) is 7.94. The van der Waals surface area contributed by atoms with Crippen LogP contribution in [0.4, 0.5) is 0 Å². The Morgan fingerprint density at radius 2 is 2.11 bits per heavy atom. The Kier molecular flexibility index (Phi) is 7.00. The molecule has 0 aliphatic carbocycles. The van der Waals surface area contributed by atoms with E-state index in [0.717, 1.165) is 73.7 Å². The van der Waals surface area contributed by atoms with Crippen LogP contribution in [0, 0.1) is 5.41 Å². The van der Waals surface area contributed by atoms with E-state index in [-0.39, 0.29) is 1.43 Å². The first-order valence-corrected chi connectivity index (χ1v) is 14.7. The summed E-state index contributed by atoms with van der Waals surface area (Å²) in [6.45, 7) is 5.07. The predicted molar refractivity (Wildman–Crippen MR) is 144 cm³/mol. The summed E-state index contributed by atoms with van der Waals surface area (Å²) in [5.74, 6) is 0.350. The molecular formula is C27H36N4O2S2. The zero-order valence-electron chi connectivity index (χ0n) is 20.2. The molecule has 2 N–H and O–H groups in total. The largest absolute Gasteiger partial charge is 0.378 e. The lowest BCUT2D eigenvalue weighted by atomic mass is 9.77. The van der Waals surface area contributed by atoms with Gasteiger partial charge in [-0.2, -0.15) is 0 Å². The molecule has 3 aromatic rings. The average molecular weight is 513 g/mol. The van der Waals surface area contributed by atoms with Crippen molar-refractivity contribution in [3.8, 4) is 10.6 Å². The van der Waals surface area contributed by atoms with E-state index in [1.54, 1.807) is 11.3 Å². The predicted octanol–water partition coefficient (Wildman–Crippen LogP) is 5.14. The lowest BCUT2D eigenvalue weighted by molar-refractivity contribution is -0.118. The molecular weight excluding hydrogens is 476 g/mol. The van der Waals surface area contributed by atoms with E-state index in [1.807, 2.05) is 29.8 Å². The van der Waals surface area contributed by atoms with E-state index in [1.165, 1.54) is 40.1 Å². The maximum atomic E-state index is 13.0. The second-order valence-corrected chi connectivity index (χ2v) is 12.7. The molecule has 3 aliphatic heterocycles. The monoisotopic (exact) mass is 512 g/mol. The third kappa shape index (κ3) is 5.09. The summed E-state index contributed by atoms with van der Waals surface area (Å²) in [7, 11) is 0. The van der Waals surface area contributed by atoms with Crippen molar-refractivity contribution in [3.05, 3.63) is 33.8 Å². The zero-order chi connectivity index (χ0) is 23.7. The molecule has 8 heteroatoms. The van der Waals surface area contributed by atoms with Gasteiger partial charge in [0.25, 0.3) is 0 Å². The molecule has 6 heterocycles. The van der Waals surface area contributed by atoms with Crippen molar-refractivity contribution in [1.29, 1.82) is 0 Å². The highest BCUT2D eigenvalue weighted by atomic mass is 32.1. The lowest BCUT2D eigenvalue weighted by Gasteiger charge is -2.32. The summed E-state index contributed by atoms with van der Waals surface area (Å²) in [6.07, 6.45) is 13.1. The molecule has 188 valence electrons. The number of rotatable bonds is 8. The highest BCUT2D eigenvalue weighted by Crippen LogP contribution is 2.43. The highest BCUT2D eigenvalue weighted by Gasteiger charge is 2.40. The van der Waals surface area contributed by atoms with Gasteiger partial charge in [0.2, 0.25) is 0 Å². The fraction of sp³-hybridized carbons (Fsp3) is 0.593. The van der Waals surface area contributed by atoms with Crippen LogP contribution < -0.4 is 10.6 Å². The number of nitrogens with zero attached hydrogens (tertiary/aromatic N) is 2. The normalized spacial score (nSPS) is 21.5. The van der Waals surface area contributed by atoms with Crippen molar-refractivity contribution < 1.29 is 11.0 Å². The van der Waals surface area contributed by atoms with Gasteiger partial charge in [-0.25, -0.2) is 4.98 Å². The number of hydrogen-bond acceptors (Lipinski definition) is 8. The quantitative estimate of drug-likeness (QED) is 0.407. The average Bonchev–Trinajstić information content (AvgIpc) is 3.57. The maximum absolute atomic E-state index is 13.0. The minimum atomic E-state index is 0. The Bertz CT molecular complexity index is 1170. The highest BCUT2D eigenvalue weighted by molar-refractivity contribution is 7.22. The smallest absolute Gasteiger partial charge is 0.138 e. The van der Waals surface area contributed by atoms with E-state index in [0.29, 0.717) is 30.1 Å². The summed E-state index contributed by atoms with van der Waals surface area (Å²) in [5, 5.41) is 8.00. The summed E-state index contributed by atoms with van der Waals surface area (Å²) in [6, 6.07) is 2.03. The number of unbranched alkanes of at least 4 members (excludes halogenated alkanes) is 1. The van der Waals surface area contributed by atoms with E-state index < -0.39 is 0 Å². The van der Waals surface area contributed by atoms with Gasteiger partial charge in [0.1, 0.15) is 16.3 Å². The molecule has 0 amide bonds. The Hall–Kier alpha value is -1.71. The first kappa shape index (κ1) is 23.7. The maximum Gasteiger partial charge on any atom is 0.138 e. The Labute approximate surface area is 216 Å². The van der Waals surface area contributed by atoms with Crippen molar-refractivity contribution in [1.82, 2.24) is 20.6 Å². The number of ether oxygens (including phenoxy) is 1. The van der Waals surface area contributed by atoms with Crippen molar-refractivity contribution in [3.63, 3.8) is 0 Å². The number of thiophene rings is 1. The number of pyridine rings is 1. The van der Waals surface area contributed by atoms with Crippen LogP contribution in [0.3, 0.4) is 0 Å². The summed E-state index contributed by atoms with van der Waals surface area (Å²) in [4.78, 5) is 24.7. The van der Waals surface area contributed by atoms with Gasteiger partial charge in [-0.3, -0.25) is 9.78 Å². The fourth-order valence-corrected chi connectivity index (χ4v) is 8.45. The van der Waals surface area contributed by atoms with Gasteiger partial charge in [0, 0.05) is 42.3 Å². The number of Topliss-reactive ketones (excluding diaryl/α,β-unsaturated/α-hetero) is 1. The molecule has 0 aromatic carbocycles. The van der Waals surface area contributed by atoms with E-state index in [2.05, 4.69) is 15.6 Å².